The Kier molecular flexibility index (Phi) is 6.96. The van der Waals surface area contributed by atoms with Crippen molar-refractivity contribution in [2.75, 3.05) is 32.9 Å². The predicted molar refractivity (Wildman–Crippen MR) is 63.8 cm³/mol. The van der Waals surface area contributed by atoms with E-state index >= 15 is 0 Å². The van der Waals surface area contributed by atoms with Gasteiger partial charge in [-0.05, 0) is 18.6 Å². The second kappa shape index (κ2) is 8.07. The molecule has 0 fully saturated rings. The van der Waals surface area contributed by atoms with Crippen molar-refractivity contribution in [2.45, 2.75) is 6.42 Å². The average Bonchev–Trinajstić information content (AvgIpc) is 2.63. The quantitative estimate of drug-likeness (QED) is 0.687. The van der Waals surface area contributed by atoms with Crippen molar-refractivity contribution in [3.8, 4) is 0 Å². The van der Waals surface area contributed by atoms with Crippen LogP contribution in [-0.2, 0) is 11.2 Å². The average molecular weight is 250 g/mol. The summed E-state index contributed by atoms with van der Waals surface area (Å²) >= 11 is 7.43. The van der Waals surface area contributed by atoms with E-state index in [-0.39, 0.29) is 6.61 Å². The third kappa shape index (κ3) is 6.12. The van der Waals surface area contributed by atoms with Crippen molar-refractivity contribution in [2.24, 2.45) is 0 Å². The molecule has 0 unspecified atom stereocenters. The Morgan fingerprint density at radius 1 is 1.33 bits per heavy atom. The lowest BCUT2D eigenvalue weighted by Gasteiger charge is -2.03. The fourth-order valence-corrected chi connectivity index (χ4v) is 2.22. The highest BCUT2D eigenvalue weighted by molar-refractivity contribution is 7.16. The zero-order valence-electron chi connectivity index (χ0n) is 8.54. The van der Waals surface area contributed by atoms with Crippen molar-refractivity contribution in [3.05, 3.63) is 21.3 Å². The summed E-state index contributed by atoms with van der Waals surface area (Å²) in [5, 5.41) is 11.7. The van der Waals surface area contributed by atoms with E-state index in [2.05, 4.69) is 11.4 Å². The highest BCUT2D eigenvalue weighted by Gasteiger charge is 1.97. The molecule has 0 bridgehead atoms. The van der Waals surface area contributed by atoms with Gasteiger partial charge in [0.15, 0.2) is 0 Å². The van der Waals surface area contributed by atoms with Crippen molar-refractivity contribution in [1.29, 1.82) is 0 Å². The van der Waals surface area contributed by atoms with Gasteiger partial charge in [0.2, 0.25) is 0 Å². The van der Waals surface area contributed by atoms with E-state index in [9.17, 15) is 0 Å². The number of halogens is 1. The van der Waals surface area contributed by atoms with Crippen LogP contribution in [0.3, 0.4) is 0 Å². The summed E-state index contributed by atoms with van der Waals surface area (Å²) in [5.74, 6) is 0. The Morgan fingerprint density at radius 2 is 2.20 bits per heavy atom. The summed E-state index contributed by atoms with van der Waals surface area (Å²) in [6.07, 6.45) is 0.997. The Balaban J connectivity index is 1.93. The first-order valence-electron chi connectivity index (χ1n) is 4.96. The molecule has 1 heterocycles. The molecule has 1 aromatic heterocycles. The van der Waals surface area contributed by atoms with Crippen LogP contribution in [0.15, 0.2) is 12.1 Å². The highest BCUT2D eigenvalue weighted by Crippen LogP contribution is 2.21. The number of ether oxygens (including phenoxy) is 1. The second-order valence-electron chi connectivity index (χ2n) is 3.04. The van der Waals surface area contributed by atoms with Gasteiger partial charge in [0.05, 0.1) is 24.2 Å². The van der Waals surface area contributed by atoms with E-state index in [1.54, 1.807) is 11.3 Å². The van der Waals surface area contributed by atoms with Crippen LogP contribution in [0, 0.1) is 0 Å². The van der Waals surface area contributed by atoms with Crippen molar-refractivity contribution < 1.29 is 9.84 Å². The van der Waals surface area contributed by atoms with Crippen molar-refractivity contribution in [1.82, 2.24) is 5.32 Å². The van der Waals surface area contributed by atoms with E-state index in [0.29, 0.717) is 13.2 Å². The molecule has 0 atom stereocenters. The zero-order valence-corrected chi connectivity index (χ0v) is 10.1. The largest absolute Gasteiger partial charge is 0.394 e. The SMILES string of the molecule is OCCOCCNCCc1ccc(Cl)s1. The van der Waals surface area contributed by atoms with Gasteiger partial charge < -0.3 is 15.2 Å². The van der Waals surface area contributed by atoms with Gasteiger partial charge in [-0.3, -0.25) is 0 Å². The van der Waals surface area contributed by atoms with Crippen LogP contribution in [0.2, 0.25) is 4.34 Å². The maximum absolute atomic E-state index is 8.46. The van der Waals surface area contributed by atoms with Gasteiger partial charge in [0, 0.05) is 18.0 Å². The maximum atomic E-state index is 8.46. The van der Waals surface area contributed by atoms with E-state index in [1.165, 1.54) is 4.88 Å². The molecule has 1 rings (SSSR count). The zero-order chi connectivity index (χ0) is 10.9. The highest BCUT2D eigenvalue weighted by atomic mass is 35.5. The van der Waals surface area contributed by atoms with Gasteiger partial charge in [-0.15, -0.1) is 11.3 Å². The van der Waals surface area contributed by atoms with Gasteiger partial charge in [-0.1, -0.05) is 11.6 Å². The molecule has 0 aliphatic carbocycles. The molecule has 0 saturated heterocycles. The van der Waals surface area contributed by atoms with Crippen LogP contribution < -0.4 is 5.32 Å². The number of hydrogen-bond donors (Lipinski definition) is 2. The molecule has 0 aliphatic rings. The van der Waals surface area contributed by atoms with Gasteiger partial charge in [0.1, 0.15) is 0 Å². The van der Waals surface area contributed by atoms with Gasteiger partial charge in [-0.2, -0.15) is 0 Å². The maximum Gasteiger partial charge on any atom is 0.0931 e. The Morgan fingerprint density at radius 3 is 2.87 bits per heavy atom. The molecule has 15 heavy (non-hydrogen) atoms. The molecule has 1 aromatic rings. The lowest BCUT2D eigenvalue weighted by molar-refractivity contribution is 0.0940. The summed E-state index contributed by atoms with van der Waals surface area (Å²) in [6, 6.07) is 3.98. The first kappa shape index (κ1) is 12.9. The summed E-state index contributed by atoms with van der Waals surface area (Å²) in [5.41, 5.74) is 0. The minimum atomic E-state index is 0.0910. The summed E-state index contributed by atoms with van der Waals surface area (Å²) in [4.78, 5) is 1.30. The molecule has 0 amide bonds. The normalized spacial score (nSPS) is 10.8. The summed E-state index contributed by atoms with van der Waals surface area (Å²) in [7, 11) is 0. The van der Waals surface area contributed by atoms with E-state index in [0.717, 1.165) is 23.8 Å². The fourth-order valence-electron chi connectivity index (χ4n) is 1.13. The van der Waals surface area contributed by atoms with Gasteiger partial charge in [0.25, 0.3) is 0 Å². The monoisotopic (exact) mass is 249 g/mol. The molecule has 86 valence electrons. The van der Waals surface area contributed by atoms with Crippen LogP contribution in [0.5, 0.6) is 0 Å². The Bertz CT molecular complexity index is 268. The first-order chi connectivity index (χ1) is 7.33. The number of rotatable bonds is 8. The third-order valence-electron chi connectivity index (χ3n) is 1.84. The van der Waals surface area contributed by atoms with Crippen LogP contribution in [-0.4, -0.2) is 38.0 Å². The van der Waals surface area contributed by atoms with E-state index in [1.807, 2.05) is 6.07 Å². The van der Waals surface area contributed by atoms with Gasteiger partial charge >= 0.3 is 0 Å². The molecule has 0 aromatic carbocycles. The topological polar surface area (TPSA) is 41.5 Å². The number of aliphatic hydroxyl groups excluding tert-OH is 1. The molecule has 0 radical (unpaired) electrons. The number of hydrogen-bond acceptors (Lipinski definition) is 4. The van der Waals surface area contributed by atoms with Crippen molar-refractivity contribution >= 4 is 22.9 Å². The van der Waals surface area contributed by atoms with Crippen LogP contribution in [0.1, 0.15) is 4.88 Å². The molecular formula is C10H16ClNO2S. The van der Waals surface area contributed by atoms with Gasteiger partial charge in [-0.25, -0.2) is 0 Å². The Labute approximate surface area is 99.0 Å². The van der Waals surface area contributed by atoms with Crippen LogP contribution in [0.25, 0.3) is 0 Å². The lowest BCUT2D eigenvalue weighted by Crippen LogP contribution is -2.22. The predicted octanol–water partition coefficient (Wildman–Crippen LogP) is 1.54. The molecule has 0 saturated carbocycles. The van der Waals surface area contributed by atoms with Crippen LogP contribution in [0.4, 0.5) is 0 Å². The minimum Gasteiger partial charge on any atom is -0.394 e. The first-order valence-corrected chi connectivity index (χ1v) is 6.16. The Hall–Kier alpha value is -0.130. The third-order valence-corrected chi connectivity index (χ3v) is 3.13. The molecule has 5 heteroatoms. The van der Waals surface area contributed by atoms with E-state index < -0.39 is 0 Å². The molecule has 0 aliphatic heterocycles. The number of thiophene rings is 1. The number of aliphatic hydroxyl groups is 1. The lowest BCUT2D eigenvalue weighted by atomic mass is 10.3. The summed E-state index contributed by atoms with van der Waals surface area (Å²) in [6.45, 7) is 2.90. The smallest absolute Gasteiger partial charge is 0.0931 e. The minimum absolute atomic E-state index is 0.0910. The molecule has 0 spiro atoms. The summed E-state index contributed by atoms with van der Waals surface area (Å²) < 4.78 is 5.95. The second-order valence-corrected chi connectivity index (χ2v) is 4.84. The molecule has 3 nitrogen and oxygen atoms in total. The molecular weight excluding hydrogens is 234 g/mol. The fraction of sp³-hybridized carbons (Fsp3) is 0.600. The molecule has 2 N–H and O–H groups in total. The number of nitrogens with one attached hydrogen (secondary N) is 1. The van der Waals surface area contributed by atoms with E-state index in [4.69, 9.17) is 21.4 Å². The van der Waals surface area contributed by atoms with Crippen molar-refractivity contribution in [3.63, 3.8) is 0 Å². The van der Waals surface area contributed by atoms with Crippen LogP contribution >= 0.6 is 22.9 Å². The standard InChI is InChI=1S/C10H16ClNO2S/c11-10-2-1-9(15-10)3-4-12-5-7-14-8-6-13/h1-2,12-13H,3-8H2.